The van der Waals surface area contributed by atoms with Crippen LogP contribution in [0.15, 0.2) is 46.9 Å². The second-order valence-electron chi connectivity index (χ2n) is 5.23. The molecule has 0 aliphatic carbocycles. The zero-order valence-corrected chi connectivity index (χ0v) is 12.9. The molecule has 0 bridgehead atoms. The molecule has 0 unspecified atom stereocenters. The normalized spacial score (nSPS) is 10.7. The Morgan fingerprint density at radius 2 is 2.09 bits per heavy atom. The molecule has 0 fully saturated rings. The lowest BCUT2D eigenvalue weighted by molar-refractivity contribution is 0.0924. The zero-order chi connectivity index (χ0) is 16.4. The molecular formula is C18H16FNO3. The Morgan fingerprint density at radius 1 is 1.26 bits per heavy atom. The van der Waals surface area contributed by atoms with Crippen LogP contribution >= 0.6 is 0 Å². The van der Waals surface area contributed by atoms with E-state index in [4.69, 9.17) is 9.15 Å². The maximum Gasteiger partial charge on any atom is 0.287 e. The smallest absolute Gasteiger partial charge is 0.287 e. The van der Waals surface area contributed by atoms with Gasteiger partial charge in [-0.3, -0.25) is 4.79 Å². The number of hydrogen-bond donors (Lipinski definition) is 1. The molecule has 4 nitrogen and oxygen atoms in total. The lowest BCUT2D eigenvalue weighted by atomic mass is 10.1. The molecule has 0 saturated carbocycles. The molecule has 0 radical (unpaired) electrons. The topological polar surface area (TPSA) is 51.5 Å². The molecule has 0 aliphatic rings. The van der Waals surface area contributed by atoms with Crippen LogP contribution in [0.5, 0.6) is 5.75 Å². The number of fused-ring (bicyclic) bond motifs is 1. The molecule has 23 heavy (non-hydrogen) atoms. The lowest BCUT2D eigenvalue weighted by Gasteiger charge is -2.04. The van der Waals surface area contributed by atoms with Gasteiger partial charge in [0.1, 0.15) is 17.1 Å². The molecule has 3 rings (SSSR count). The molecule has 1 N–H and O–H groups in total. The van der Waals surface area contributed by atoms with Gasteiger partial charge in [0.15, 0.2) is 5.76 Å². The average Bonchev–Trinajstić information content (AvgIpc) is 2.89. The number of carbonyl (C=O) groups is 1. The number of carbonyl (C=O) groups excluding carboxylic acids is 1. The van der Waals surface area contributed by atoms with Crippen LogP contribution in [0.2, 0.25) is 0 Å². The van der Waals surface area contributed by atoms with Crippen molar-refractivity contribution < 1.29 is 18.3 Å². The van der Waals surface area contributed by atoms with Crippen molar-refractivity contribution in [2.75, 3.05) is 7.11 Å². The number of benzene rings is 2. The summed E-state index contributed by atoms with van der Waals surface area (Å²) < 4.78 is 24.0. The number of amides is 1. The Bertz CT molecular complexity index is 870. The number of methoxy groups -OCH3 is 1. The summed E-state index contributed by atoms with van der Waals surface area (Å²) in [6.07, 6.45) is 0. The molecule has 0 spiro atoms. The van der Waals surface area contributed by atoms with Crippen molar-refractivity contribution in [2.45, 2.75) is 13.5 Å². The summed E-state index contributed by atoms with van der Waals surface area (Å²) in [4.78, 5) is 12.3. The van der Waals surface area contributed by atoms with Crippen molar-refractivity contribution in [1.29, 1.82) is 0 Å². The number of nitrogens with one attached hydrogen (secondary N) is 1. The SMILES string of the molecule is COc1ccc2oc(C(=O)NCc3cccc(F)c3)c(C)c2c1. The van der Waals surface area contributed by atoms with Gasteiger partial charge in [0.2, 0.25) is 0 Å². The summed E-state index contributed by atoms with van der Waals surface area (Å²) in [5.74, 6) is 0.295. The van der Waals surface area contributed by atoms with Crippen LogP contribution in [0.3, 0.4) is 0 Å². The number of aryl methyl sites for hydroxylation is 1. The predicted molar refractivity (Wildman–Crippen MR) is 85.1 cm³/mol. The van der Waals surface area contributed by atoms with Gasteiger partial charge >= 0.3 is 0 Å². The Morgan fingerprint density at radius 3 is 2.83 bits per heavy atom. The Balaban J connectivity index is 1.82. The summed E-state index contributed by atoms with van der Waals surface area (Å²) in [6, 6.07) is 11.5. The number of hydrogen-bond acceptors (Lipinski definition) is 3. The highest BCUT2D eigenvalue weighted by molar-refractivity contribution is 5.99. The molecule has 1 heterocycles. The second kappa shape index (κ2) is 6.12. The molecular weight excluding hydrogens is 297 g/mol. The van der Waals surface area contributed by atoms with Crippen molar-refractivity contribution >= 4 is 16.9 Å². The van der Waals surface area contributed by atoms with E-state index in [1.165, 1.54) is 12.1 Å². The van der Waals surface area contributed by atoms with E-state index in [1.54, 1.807) is 31.4 Å². The van der Waals surface area contributed by atoms with Gasteiger partial charge in [0.25, 0.3) is 5.91 Å². The van der Waals surface area contributed by atoms with Crippen LogP contribution in [0.4, 0.5) is 4.39 Å². The third-order valence-electron chi connectivity index (χ3n) is 3.69. The fourth-order valence-corrected chi connectivity index (χ4v) is 2.45. The van der Waals surface area contributed by atoms with Crippen molar-refractivity contribution in [1.82, 2.24) is 5.32 Å². The Kier molecular flexibility index (Phi) is 4.02. The summed E-state index contributed by atoms with van der Waals surface area (Å²) >= 11 is 0. The first-order valence-electron chi connectivity index (χ1n) is 7.18. The van der Waals surface area contributed by atoms with E-state index in [1.807, 2.05) is 13.0 Å². The second-order valence-corrected chi connectivity index (χ2v) is 5.23. The Hall–Kier alpha value is -2.82. The van der Waals surface area contributed by atoms with Crippen molar-refractivity contribution in [3.05, 3.63) is 65.2 Å². The summed E-state index contributed by atoms with van der Waals surface area (Å²) in [7, 11) is 1.59. The summed E-state index contributed by atoms with van der Waals surface area (Å²) in [5.41, 5.74) is 2.06. The van der Waals surface area contributed by atoms with E-state index < -0.39 is 0 Å². The van der Waals surface area contributed by atoms with E-state index in [2.05, 4.69) is 5.32 Å². The van der Waals surface area contributed by atoms with Gasteiger partial charge in [-0.15, -0.1) is 0 Å². The van der Waals surface area contributed by atoms with E-state index in [9.17, 15) is 9.18 Å². The van der Waals surface area contributed by atoms with Crippen LogP contribution in [0, 0.1) is 12.7 Å². The highest BCUT2D eigenvalue weighted by Crippen LogP contribution is 2.28. The minimum absolute atomic E-state index is 0.233. The Labute approximate surface area is 132 Å². The molecule has 5 heteroatoms. The van der Waals surface area contributed by atoms with E-state index in [-0.39, 0.29) is 24.0 Å². The first kappa shape index (κ1) is 15.1. The van der Waals surface area contributed by atoms with Gasteiger partial charge in [0, 0.05) is 17.5 Å². The molecule has 0 atom stereocenters. The van der Waals surface area contributed by atoms with Gasteiger partial charge < -0.3 is 14.5 Å². The summed E-state index contributed by atoms with van der Waals surface area (Å²) in [5, 5.41) is 3.58. The molecule has 118 valence electrons. The first-order chi connectivity index (χ1) is 11.1. The molecule has 2 aromatic carbocycles. The van der Waals surface area contributed by atoms with Gasteiger partial charge in [-0.25, -0.2) is 4.39 Å². The minimum Gasteiger partial charge on any atom is -0.497 e. The van der Waals surface area contributed by atoms with Crippen LogP contribution in [-0.2, 0) is 6.54 Å². The molecule has 0 saturated heterocycles. The maximum atomic E-state index is 13.1. The number of ether oxygens (including phenoxy) is 1. The quantitative estimate of drug-likeness (QED) is 0.796. The maximum absolute atomic E-state index is 13.1. The minimum atomic E-state index is -0.332. The lowest BCUT2D eigenvalue weighted by Crippen LogP contribution is -2.23. The number of furan rings is 1. The zero-order valence-electron chi connectivity index (χ0n) is 12.9. The third kappa shape index (κ3) is 3.04. The first-order valence-corrected chi connectivity index (χ1v) is 7.18. The molecule has 1 amide bonds. The monoisotopic (exact) mass is 313 g/mol. The van der Waals surface area contributed by atoms with Crippen molar-refractivity contribution in [2.24, 2.45) is 0 Å². The fraction of sp³-hybridized carbons (Fsp3) is 0.167. The van der Waals surface area contributed by atoms with Gasteiger partial charge in [-0.1, -0.05) is 12.1 Å². The molecule has 3 aromatic rings. The van der Waals surface area contributed by atoms with E-state index in [0.29, 0.717) is 16.9 Å². The highest BCUT2D eigenvalue weighted by Gasteiger charge is 2.17. The number of rotatable bonds is 4. The van der Waals surface area contributed by atoms with Crippen molar-refractivity contribution in [3.8, 4) is 5.75 Å². The molecule has 0 aliphatic heterocycles. The molecule has 1 aromatic heterocycles. The van der Waals surface area contributed by atoms with E-state index >= 15 is 0 Å². The van der Waals surface area contributed by atoms with Crippen LogP contribution < -0.4 is 10.1 Å². The fourth-order valence-electron chi connectivity index (χ4n) is 2.45. The third-order valence-corrected chi connectivity index (χ3v) is 3.69. The predicted octanol–water partition coefficient (Wildman–Crippen LogP) is 3.82. The highest BCUT2D eigenvalue weighted by atomic mass is 19.1. The standard InChI is InChI=1S/C18H16FNO3/c1-11-15-9-14(22-2)6-7-16(15)23-17(11)18(21)20-10-12-4-3-5-13(19)8-12/h3-9H,10H2,1-2H3,(H,20,21). The van der Waals surface area contributed by atoms with Gasteiger partial charge in [-0.2, -0.15) is 0 Å². The van der Waals surface area contributed by atoms with Gasteiger partial charge in [0.05, 0.1) is 7.11 Å². The van der Waals surface area contributed by atoms with Crippen LogP contribution in [0.25, 0.3) is 11.0 Å². The van der Waals surface area contributed by atoms with Crippen LogP contribution in [0.1, 0.15) is 21.7 Å². The number of halogens is 1. The summed E-state index contributed by atoms with van der Waals surface area (Å²) in [6.45, 7) is 2.05. The average molecular weight is 313 g/mol. The van der Waals surface area contributed by atoms with E-state index in [0.717, 1.165) is 10.9 Å². The van der Waals surface area contributed by atoms with Crippen LogP contribution in [-0.4, -0.2) is 13.0 Å². The van der Waals surface area contributed by atoms with Gasteiger partial charge in [-0.05, 0) is 42.8 Å². The van der Waals surface area contributed by atoms with Crippen molar-refractivity contribution in [3.63, 3.8) is 0 Å². The largest absolute Gasteiger partial charge is 0.497 e.